The van der Waals surface area contributed by atoms with E-state index in [-0.39, 0.29) is 6.61 Å². The van der Waals surface area contributed by atoms with Crippen LogP contribution in [0.2, 0.25) is 0 Å². The summed E-state index contributed by atoms with van der Waals surface area (Å²) in [5.74, 6) is 0. The maximum Gasteiger partial charge on any atom is 0.241 e. The molecule has 96 valence electrons. The van der Waals surface area contributed by atoms with Gasteiger partial charge in [-0.05, 0) is 25.0 Å². The Bertz CT molecular complexity index is 503. The van der Waals surface area contributed by atoms with Crippen molar-refractivity contribution in [3.8, 4) is 11.3 Å². The number of aliphatic hydroxyl groups is 1. The van der Waals surface area contributed by atoms with Gasteiger partial charge in [-0.15, -0.1) is 4.68 Å². The number of hydrogen-bond donors (Lipinski definition) is 2. The lowest BCUT2D eigenvalue weighted by molar-refractivity contribution is -0.717. The van der Waals surface area contributed by atoms with Gasteiger partial charge in [0.05, 0.1) is 12.2 Å². The van der Waals surface area contributed by atoms with E-state index < -0.39 is 0 Å². The van der Waals surface area contributed by atoms with Crippen molar-refractivity contribution in [2.45, 2.75) is 32.8 Å². The monoisotopic (exact) mass is 245 g/mol. The van der Waals surface area contributed by atoms with Crippen molar-refractivity contribution in [3.05, 3.63) is 41.6 Å². The third kappa shape index (κ3) is 2.46. The number of aliphatic hydroxyl groups excluding tert-OH is 1. The first-order valence-corrected chi connectivity index (χ1v) is 6.54. The third-order valence-corrected chi connectivity index (χ3v) is 3.27. The maximum atomic E-state index is 9.46. The van der Waals surface area contributed by atoms with Gasteiger partial charge in [-0.25, -0.2) is 0 Å². The van der Waals surface area contributed by atoms with Crippen LogP contribution in [0.1, 0.15) is 31.0 Å². The average molecular weight is 245 g/mol. The van der Waals surface area contributed by atoms with E-state index >= 15 is 0 Å². The molecule has 3 heteroatoms. The minimum absolute atomic E-state index is 0.0692. The zero-order valence-corrected chi connectivity index (χ0v) is 11.1. The van der Waals surface area contributed by atoms with Crippen molar-refractivity contribution in [3.63, 3.8) is 0 Å². The van der Waals surface area contributed by atoms with Gasteiger partial charge in [0.1, 0.15) is 5.69 Å². The molecular weight excluding hydrogens is 224 g/mol. The summed E-state index contributed by atoms with van der Waals surface area (Å²) in [4.78, 5) is 0. The Hall–Kier alpha value is -1.61. The molecule has 3 nitrogen and oxygen atoms in total. The van der Waals surface area contributed by atoms with Crippen LogP contribution in [0, 0.1) is 0 Å². The van der Waals surface area contributed by atoms with Crippen molar-refractivity contribution in [1.29, 1.82) is 0 Å². The molecule has 0 aliphatic carbocycles. The zero-order chi connectivity index (χ0) is 13.0. The van der Waals surface area contributed by atoms with E-state index in [1.807, 2.05) is 29.9 Å². The molecule has 0 amide bonds. The van der Waals surface area contributed by atoms with Crippen LogP contribution in [0.5, 0.6) is 0 Å². The van der Waals surface area contributed by atoms with Gasteiger partial charge in [0.2, 0.25) is 5.69 Å². The number of rotatable bonds is 5. The molecule has 0 aliphatic heterocycles. The summed E-state index contributed by atoms with van der Waals surface area (Å²) >= 11 is 0. The SMILES string of the molecule is CCCCc1c(CO)[nH][n+](C)c1-c1ccccc1. The number of hydrogen-bond acceptors (Lipinski definition) is 1. The van der Waals surface area contributed by atoms with Crippen LogP contribution in [0.3, 0.4) is 0 Å². The summed E-state index contributed by atoms with van der Waals surface area (Å²) in [5, 5.41) is 12.7. The lowest BCUT2D eigenvalue weighted by Crippen LogP contribution is -2.32. The van der Waals surface area contributed by atoms with Crippen LogP contribution >= 0.6 is 0 Å². The van der Waals surface area contributed by atoms with Crippen molar-refractivity contribution < 1.29 is 9.79 Å². The fraction of sp³-hybridized carbons (Fsp3) is 0.400. The molecule has 1 heterocycles. The number of nitrogens with zero attached hydrogens (tertiary/aromatic N) is 1. The number of unbranched alkanes of at least 4 members (excludes halogenated alkanes) is 1. The van der Waals surface area contributed by atoms with Gasteiger partial charge in [-0.3, -0.25) is 0 Å². The van der Waals surface area contributed by atoms with Crippen LogP contribution in [-0.2, 0) is 20.1 Å². The fourth-order valence-corrected chi connectivity index (χ4v) is 2.39. The first-order chi connectivity index (χ1) is 8.77. The minimum atomic E-state index is 0.0692. The van der Waals surface area contributed by atoms with E-state index in [1.165, 1.54) is 16.8 Å². The lowest BCUT2D eigenvalue weighted by Gasteiger charge is -2.00. The lowest BCUT2D eigenvalue weighted by atomic mass is 10.0. The molecule has 2 N–H and O–H groups in total. The summed E-state index contributed by atoms with van der Waals surface area (Å²) in [6.45, 7) is 2.26. The molecule has 18 heavy (non-hydrogen) atoms. The summed E-state index contributed by atoms with van der Waals surface area (Å²) in [5.41, 5.74) is 4.56. The molecule has 0 radical (unpaired) electrons. The molecule has 1 aromatic carbocycles. The Morgan fingerprint density at radius 3 is 2.56 bits per heavy atom. The fourth-order valence-electron chi connectivity index (χ4n) is 2.39. The average Bonchev–Trinajstić information content (AvgIpc) is 2.73. The Morgan fingerprint density at radius 2 is 1.94 bits per heavy atom. The predicted octanol–water partition coefficient (Wildman–Crippen LogP) is 2.34. The van der Waals surface area contributed by atoms with E-state index in [0.29, 0.717) is 0 Å². The molecule has 0 bridgehead atoms. The number of H-pyrrole nitrogens is 1. The van der Waals surface area contributed by atoms with Crippen molar-refractivity contribution in [2.75, 3.05) is 0 Å². The number of aromatic nitrogens is 2. The first kappa shape index (κ1) is 12.8. The largest absolute Gasteiger partial charge is 0.390 e. The van der Waals surface area contributed by atoms with Crippen molar-refractivity contribution in [1.82, 2.24) is 5.10 Å². The Kier molecular flexibility index (Phi) is 4.15. The van der Waals surface area contributed by atoms with Crippen LogP contribution in [-0.4, -0.2) is 10.2 Å². The Labute approximate surface area is 108 Å². The Balaban J connectivity index is 2.48. The van der Waals surface area contributed by atoms with Gasteiger partial charge < -0.3 is 5.11 Å². The number of aromatic amines is 1. The summed E-state index contributed by atoms with van der Waals surface area (Å²) < 4.78 is 2.01. The van der Waals surface area contributed by atoms with Gasteiger partial charge in [0, 0.05) is 5.56 Å². The zero-order valence-electron chi connectivity index (χ0n) is 11.1. The molecule has 0 saturated carbocycles. The van der Waals surface area contributed by atoms with E-state index in [2.05, 4.69) is 24.2 Å². The standard InChI is InChI=1S/C15H20N2O/c1-3-4-10-13-14(11-18)16-17(2)15(13)12-8-6-5-7-9-12/h5-9,18H,3-4,10-11H2,1-2H3/p+1. The second kappa shape index (κ2) is 5.83. The normalized spacial score (nSPS) is 10.8. The van der Waals surface area contributed by atoms with Crippen LogP contribution in [0.4, 0.5) is 0 Å². The molecule has 0 fully saturated rings. The summed E-state index contributed by atoms with van der Waals surface area (Å²) in [6.07, 6.45) is 3.31. The molecular formula is C15H21N2O+. The third-order valence-electron chi connectivity index (χ3n) is 3.27. The predicted molar refractivity (Wildman–Crippen MR) is 71.9 cm³/mol. The summed E-state index contributed by atoms with van der Waals surface area (Å²) in [7, 11) is 2.00. The van der Waals surface area contributed by atoms with E-state index in [4.69, 9.17) is 0 Å². The molecule has 0 spiro atoms. The maximum absolute atomic E-state index is 9.46. The van der Waals surface area contributed by atoms with Crippen LogP contribution in [0.25, 0.3) is 11.3 Å². The quantitative estimate of drug-likeness (QED) is 0.780. The highest BCUT2D eigenvalue weighted by molar-refractivity contribution is 5.61. The number of nitrogens with one attached hydrogen (secondary N) is 1. The van der Waals surface area contributed by atoms with Gasteiger partial charge in [-0.2, -0.15) is 5.10 Å². The molecule has 0 unspecified atom stereocenters. The van der Waals surface area contributed by atoms with Crippen LogP contribution < -0.4 is 4.68 Å². The highest BCUT2D eigenvalue weighted by Gasteiger charge is 2.22. The molecule has 0 aliphatic rings. The van der Waals surface area contributed by atoms with Gasteiger partial charge in [-0.1, -0.05) is 31.5 Å². The first-order valence-electron chi connectivity index (χ1n) is 6.54. The van der Waals surface area contributed by atoms with Gasteiger partial charge in [0.25, 0.3) is 0 Å². The smallest absolute Gasteiger partial charge is 0.241 e. The molecule has 0 saturated heterocycles. The second-order valence-electron chi connectivity index (χ2n) is 4.60. The van der Waals surface area contributed by atoms with Crippen molar-refractivity contribution >= 4 is 0 Å². The molecule has 0 atom stereocenters. The molecule has 2 aromatic rings. The summed E-state index contributed by atoms with van der Waals surface area (Å²) in [6, 6.07) is 10.3. The molecule has 1 aromatic heterocycles. The van der Waals surface area contributed by atoms with E-state index in [0.717, 1.165) is 25.0 Å². The highest BCUT2D eigenvalue weighted by atomic mass is 16.3. The highest BCUT2D eigenvalue weighted by Crippen LogP contribution is 2.24. The second-order valence-corrected chi connectivity index (χ2v) is 4.60. The van der Waals surface area contributed by atoms with E-state index in [1.54, 1.807) is 0 Å². The Morgan fingerprint density at radius 1 is 1.22 bits per heavy atom. The molecule has 2 rings (SSSR count). The van der Waals surface area contributed by atoms with E-state index in [9.17, 15) is 5.11 Å². The number of benzene rings is 1. The van der Waals surface area contributed by atoms with Crippen molar-refractivity contribution in [2.24, 2.45) is 7.05 Å². The minimum Gasteiger partial charge on any atom is -0.390 e. The van der Waals surface area contributed by atoms with Gasteiger partial charge in [0.15, 0.2) is 7.05 Å². The van der Waals surface area contributed by atoms with Crippen LogP contribution in [0.15, 0.2) is 30.3 Å². The topological polar surface area (TPSA) is 39.9 Å². The number of aryl methyl sites for hydroxylation is 1. The van der Waals surface area contributed by atoms with Gasteiger partial charge >= 0.3 is 0 Å².